The molecule has 1 aromatic carbocycles. The summed E-state index contributed by atoms with van der Waals surface area (Å²) in [6, 6.07) is 1.83. The van der Waals surface area contributed by atoms with Crippen LogP contribution >= 0.6 is 0 Å². The van der Waals surface area contributed by atoms with E-state index in [1.54, 1.807) is 5.32 Å². The van der Waals surface area contributed by atoms with Crippen LogP contribution in [-0.2, 0) is 19.8 Å². The van der Waals surface area contributed by atoms with Crippen LogP contribution in [-0.4, -0.2) is 51.5 Å². The van der Waals surface area contributed by atoms with Crippen LogP contribution in [0.2, 0.25) is 0 Å². The van der Waals surface area contributed by atoms with E-state index < -0.39 is 58.3 Å². The molecule has 2 heterocycles. The Morgan fingerprint density at radius 2 is 1.76 bits per heavy atom. The molecule has 1 aliphatic rings. The largest absolute Gasteiger partial charge is 0.573 e. The van der Waals surface area contributed by atoms with Gasteiger partial charge in [-0.25, -0.2) is 9.59 Å². The first-order valence-electron chi connectivity index (χ1n) is 9.86. The molecule has 17 heteroatoms. The smallest absolute Gasteiger partial charge is 0.398 e. The first kappa shape index (κ1) is 27.2. The molecule has 1 fully saturated rings. The third-order valence-corrected chi connectivity index (χ3v) is 5.19. The van der Waals surface area contributed by atoms with Crippen LogP contribution in [0.4, 0.5) is 36.8 Å². The second-order valence-electron chi connectivity index (χ2n) is 8.04. The molecule has 11 nitrogen and oxygen atoms in total. The maximum Gasteiger partial charge on any atom is 0.573 e. The van der Waals surface area contributed by atoms with E-state index >= 15 is 0 Å². The van der Waals surface area contributed by atoms with Gasteiger partial charge in [0.05, 0.1) is 10.6 Å². The van der Waals surface area contributed by atoms with E-state index in [0.29, 0.717) is 6.07 Å². The monoisotopic (exact) mass is 536 g/mol. The number of nitro groups is 1. The highest BCUT2D eigenvalue weighted by Gasteiger charge is 2.53. The second-order valence-corrected chi connectivity index (χ2v) is 8.04. The molecule has 2 aromatic rings. The molecule has 37 heavy (non-hydrogen) atoms. The van der Waals surface area contributed by atoms with Crippen molar-refractivity contribution >= 4 is 23.6 Å². The van der Waals surface area contributed by atoms with Crippen LogP contribution in [0, 0.1) is 10.1 Å². The number of carbonyl (C=O) groups excluding carboxylic acids is 3. The van der Waals surface area contributed by atoms with Crippen molar-refractivity contribution in [1.82, 2.24) is 15.4 Å². The third kappa shape index (κ3) is 5.70. The number of hydroxylamine groups is 2. The third-order valence-electron chi connectivity index (χ3n) is 5.19. The summed E-state index contributed by atoms with van der Waals surface area (Å²) in [5.74, 6) is -4.92. The topological polar surface area (TPSA) is 141 Å². The Hall–Kier alpha value is -4.44. The zero-order valence-electron chi connectivity index (χ0n) is 18.5. The summed E-state index contributed by atoms with van der Waals surface area (Å²) in [6.07, 6.45) is -9.52. The van der Waals surface area contributed by atoms with Crippen molar-refractivity contribution < 1.29 is 55.2 Å². The lowest BCUT2D eigenvalue weighted by Gasteiger charge is -2.34. The number of aromatic nitrogens is 1. The number of rotatable bonds is 6. The Bertz CT molecular complexity index is 1280. The van der Waals surface area contributed by atoms with Gasteiger partial charge in [0.25, 0.3) is 5.91 Å². The normalized spacial score (nSPS) is 16.4. The standard InChI is InChI=1S/C20H14F6N4O7/c1-18(2,14-15(31)28-17(33)29(14)37-16(32)19(21,22)23)10-5-6-27-11(8-10)9-3-4-13(36-20(24,25)26)12(7-9)30(34)35/h3-8,14H,1-2H3,(H,28,31,33). The molecule has 1 aromatic heterocycles. The quantitative estimate of drug-likeness (QED) is 0.255. The lowest BCUT2D eigenvalue weighted by molar-refractivity contribution is -0.388. The van der Waals surface area contributed by atoms with Gasteiger partial charge < -0.3 is 9.57 Å². The van der Waals surface area contributed by atoms with Crippen LogP contribution in [0.3, 0.4) is 0 Å². The van der Waals surface area contributed by atoms with Gasteiger partial charge in [-0.1, -0.05) is 13.8 Å². The number of benzene rings is 1. The Balaban J connectivity index is 2.01. The number of nitro benzene ring substituents is 1. The maximum absolute atomic E-state index is 12.7. The van der Waals surface area contributed by atoms with Crippen molar-refractivity contribution in [2.75, 3.05) is 0 Å². The number of nitrogens with zero attached hydrogens (tertiary/aromatic N) is 3. The molecule has 0 spiro atoms. The van der Waals surface area contributed by atoms with Gasteiger partial charge in [-0.15, -0.1) is 18.2 Å². The molecule has 1 aliphatic heterocycles. The fourth-order valence-corrected chi connectivity index (χ4v) is 3.49. The van der Waals surface area contributed by atoms with Crippen LogP contribution in [0.1, 0.15) is 19.4 Å². The van der Waals surface area contributed by atoms with Gasteiger partial charge in [0.2, 0.25) is 5.75 Å². The highest BCUT2D eigenvalue weighted by molar-refractivity contribution is 6.05. The van der Waals surface area contributed by atoms with Gasteiger partial charge in [0.1, 0.15) is 0 Å². The molecule has 0 radical (unpaired) electrons. The Labute approximate surface area is 202 Å². The van der Waals surface area contributed by atoms with Gasteiger partial charge in [-0.3, -0.25) is 25.2 Å². The van der Waals surface area contributed by atoms with E-state index in [1.807, 2.05) is 0 Å². The summed E-state index contributed by atoms with van der Waals surface area (Å²) in [5.41, 5.74) is -2.54. The lowest BCUT2D eigenvalue weighted by Crippen LogP contribution is -2.50. The number of imide groups is 1. The second kappa shape index (κ2) is 9.21. The zero-order valence-corrected chi connectivity index (χ0v) is 18.5. The molecule has 3 amide bonds. The van der Waals surface area contributed by atoms with Crippen molar-refractivity contribution in [3.63, 3.8) is 0 Å². The molecule has 1 atom stereocenters. The molecule has 198 valence electrons. The number of amides is 3. The highest BCUT2D eigenvalue weighted by Crippen LogP contribution is 2.38. The van der Waals surface area contributed by atoms with Gasteiger partial charge in [-0.05, 0) is 29.8 Å². The molecular formula is C20H14F6N4O7. The summed E-state index contributed by atoms with van der Waals surface area (Å²) in [5, 5.41) is 13.0. The highest BCUT2D eigenvalue weighted by atomic mass is 19.4. The van der Waals surface area contributed by atoms with E-state index in [0.717, 1.165) is 18.3 Å². The molecule has 3 rings (SSSR count). The summed E-state index contributed by atoms with van der Waals surface area (Å²) in [4.78, 5) is 54.1. The Morgan fingerprint density at radius 3 is 2.32 bits per heavy atom. The van der Waals surface area contributed by atoms with Crippen LogP contribution in [0.5, 0.6) is 5.75 Å². The number of hydrogen-bond acceptors (Lipinski definition) is 8. The summed E-state index contributed by atoms with van der Waals surface area (Å²) >= 11 is 0. The average molecular weight is 536 g/mol. The molecule has 0 saturated carbocycles. The first-order chi connectivity index (χ1) is 16.9. The SMILES string of the molecule is CC(C)(c1ccnc(-c2ccc(OC(F)(F)F)c([N+](=O)[O-])c2)c1)C1C(=O)NC(=O)N1OC(=O)C(F)(F)F. The van der Waals surface area contributed by atoms with Crippen molar-refractivity contribution in [2.24, 2.45) is 0 Å². The van der Waals surface area contributed by atoms with Gasteiger partial charge in [-0.2, -0.15) is 13.2 Å². The number of pyridine rings is 1. The number of carbonyl (C=O) groups is 3. The molecular weight excluding hydrogens is 522 g/mol. The van der Waals surface area contributed by atoms with E-state index in [-0.39, 0.29) is 21.9 Å². The van der Waals surface area contributed by atoms with Crippen molar-refractivity contribution in [3.8, 4) is 17.0 Å². The number of hydrogen-bond donors (Lipinski definition) is 1. The fourth-order valence-electron chi connectivity index (χ4n) is 3.49. The van der Waals surface area contributed by atoms with E-state index in [1.165, 1.54) is 26.0 Å². The summed E-state index contributed by atoms with van der Waals surface area (Å²) < 4.78 is 79.4. The summed E-state index contributed by atoms with van der Waals surface area (Å²) in [6.45, 7) is 2.65. The van der Waals surface area contributed by atoms with Gasteiger partial charge >= 0.3 is 30.2 Å². The van der Waals surface area contributed by atoms with E-state index in [4.69, 9.17) is 0 Å². The average Bonchev–Trinajstić information content (AvgIpc) is 3.05. The van der Waals surface area contributed by atoms with Gasteiger partial charge in [0, 0.05) is 23.2 Å². The number of nitrogens with one attached hydrogen (secondary N) is 1. The predicted octanol–water partition coefficient (Wildman–Crippen LogP) is 3.77. The lowest BCUT2D eigenvalue weighted by atomic mass is 9.77. The van der Waals surface area contributed by atoms with Crippen LogP contribution < -0.4 is 10.1 Å². The fraction of sp³-hybridized carbons (Fsp3) is 0.300. The number of ether oxygens (including phenoxy) is 1. The minimum Gasteiger partial charge on any atom is -0.398 e. The van der Waals surface area contributed by atoms with Crippen molar-refractivity contribution in [1.29, 1.82) is 0 Å². The number of alkyl halides is 6. The molecule has 1 unspecified atom stereocenters. The van der Waals surface area contributed by atoms with Crippen molar-refractivity contribution in [3.05, 3.63) is 52.2 Å². The Kier molecular flexibility index (Phi) is 6.76. The maximum atomic E-state index is 12.7. The Morgan fingerprint density at radius 1 is 1.11 bits per heavy atom. The van der Waals surface area contributed by atoms with E-state index in [2.05, 4.69) is 14.6 Å². The molecule has 1 N–H and O–H groups in total. The van der Waals surface area contributed by atoms with E-state index in [9.17, 15) is 50.8 Å². The van der Waals surface area contributed by atoms with Crippen LogP contribution in [0.15, 0.2) is 36.5 Å². The first-order valence-corrected chi connectivity index (χ1v) is 9.86. The minimum absolute atomic E-state index is 0.0456. The zero-order chi connectivity index (χ0) is 27.9. The number of urea groups is 1. The van der Waals surface area contributed by atoms with Gasteiger partial charge in [0.15, 0.2) is 6.04 Å². The molecule has 1 saturated heterocycles. The summed E-state index contributed by atoms with van der Waals surface area (Å²) in [7, 11) is 0. The predicted molar refractivity (Wildman–Crippen MR) is 107 cm³/mol. The minimum atomic E-state index is -5.47. The van der Waals surface area contributed by atoms with Crippen molar-refractivity contribution in [2.45, 2.75) is 37.8 Å². The molecule has 0 bridgehead atoms. The number of halogens is 6. The van der Waals surface area contributed by atoms with Crippen LogP contribution in [0.25, 0.3) is 11.3 Å². The molecule has 0 aliphatic carbocycles.